The van der Waals surface area contributed by atoms with Crippen molar-refractivity contribution in [3.63, 3.8) is 0 Å². The van der Waals surface area contributed by atoms with Crippen LogP contribution in [0.4, 0.5) is 0 Å². The summed E-state index contributed by atoms with van der Waals surface area (Å²) < 4.78 is 12.9. The highest BCUT2D eigenvalue weighted by molar-refractivity contribution is 7.44. The van der Waals surface area contributed by atoms with Crippen molar-refractivity contribution in [2.45, 2.75) is 27.7 Å². The van der Waals surface area contributed by atoms with Crippen LogP contribution in [0.3, 0.4) is 0 Å². The number of rotatable bonds is 7. The topological polar surface area (TPSA) is 38.8 Å². The summed E-state index contributed by atoms with van der Waals surface area (Å²) in [5.74, 6) is 0.584. The normalized spacial score (nSPS) is 14.1. The Labute approximate surface area is 93.2 Å². The number of carbonyl (C=O) groups excluding carboxylic acids is 1. The summed E-state index contributed by atoms with van der Waals surface area (Å²) in [4.78, 5) is 10.8. The number of ketones is 1. The van der Waals surface area contributed by atoms with Crippen LogP contribution in [0.2, 0.25) is 0 Å². The van der Waals surface area contributed by atoms with Gasteiger partial charge in [-0.2, -0.15) is 0 Å². The Morgan fingerprint density at radius 3 is 2.20 bits per heavy atom. The number of allylic oxidation sites excluding steroid dienone is 2. The second-order valence-corrected chi connectivity index (χ2v) is 4.61. The van der Waals surface area contributed by atoms with Crippen molar-refractivity contribution in [3.8, 4) is 0 Å². The van der Waals surface area contributed by atoms with Gasteiger partial charge in [-0.3, -0.25) is 4.79 Å². The molecule has 0 heterocycles. The fourth-order valence-electron chi connectivity index (χ4n) is 1.10. The molecule has 0 bridgehead atoms. The van der Waals surface area contributed by atoms with Crippen LogP contribution in [0.15, 0.2) is 11.8 Å². The maximum Gasteiger partial charge on any atom is 0.320 e. The molecule has 0 aromatic carbocycles. The Balaban J connectivity index is 4.37. The summed E-state index contributed by atoms with van der Waals surface area (Å²) in [6, 6.07) is 0. The second-order valence-electron chi connectivity index (χ2n) is 3.02. The average Bonchev–Trinajstić information content (AvgIpc) is 2.16. The molecule has 15 heavy (non-hydrogen) atoms. The monoisotopic (exact) mass is 233 g/mol. The van der Waals surface area contributed by atoms with E-state index in [2.05, 4.69) is 4.67 Å². The molecule has 0 amide bonds. The SMILES string of the molecule is CCN(CC)P(OC)O/C(C)=C/C(C)=O. The first-order valence-electron chi connectivity index (χ1n) is 5.01. The van der Waals surface area contributed by atoms with Crippen LogP contribution in [0.25, 0.3) is 0 Å². The number of hydrogen-bond donors (Lipinski definition) is 0. The fourth-order valence-corrected chi connectivity index (χ4v) is 2.28. The number of nitrogens with zero attached hydrogens (tertiary/aromatic N) is 1. The molecule has 0 saturated carbocycles. The molecule has 1 unspecified atom stereocenters. The van der Waals surface area contributed by atoms with Crippen molar-refractivity contribution in [3.05, 3.63) is 11.8 Å². The van der Waals surface area contributed by atoms with Gasteiger partial charge in [-0.25, -0.2) is 4.67 Å². The predicted octanol–water partition coefficient (Wildman–Crippen LogP) is 2.71. The zero-order valence-corrected chi connectivity index (χ0v) is 11.0. The molecule has 0 N–H and O–H groups in total. The van der Waals surface area contributed by atoms with Crippen LogP contribution in [0, 0.1) is 0 Å². The Hall–Kier alpha value is -0.440. The lowest BCUT2D eigenvalue weighted by molar-refractivity contribution is -0.112. The summed E-state index contributed by atoms with van der Waals surface area (Å²) in [5.41, 5.74) is 0. The predicted molar refractivity (Wildman–Crippen MR) is 62.4 cm³/mol. The molecular formula is C10H20NO3P. The lowest BCUT2D eigenvalue weighted by Gasteiger charge is -2.26. The highest BCUT2D eigenvalue weighted by Crippen LogP contribution is 2.43. The first-order chi connectivity index (χ1) is 7.04. The van der Waals surface area contributed by atoms with Gasteiger partial charge in [0.15, 0.2) is 5.78 Å². The molecule has 0 aromatic rings. The first kappa shape index (κ1) is 14.6. The Morgan fingerprint density at radius 1 is 1.33 bits per heavy atom. The summed E-state index contributed by atoms with van der Waals surface area (Å²) in [6.45, 7) is 9.09. The zero-order chi connectivity index (χ0) is 11.8. The van der Waals surface area contributed by atoms with Crippen LogP contribution in [-0.2, 0) is 13.8 Å². The molecule has 0 rings (SSSR count). The van der Waals surface area contributed by atoms with Crippen LogP contribution >= 0.6 is 8.53 Å². The summed E-state index contributed by atoms with van der Waals surface area (Å²) in [5, 5.41) is 0. The highest BCUT2D eigenvalue weighted by atomic mass is 31.2. The third-order valence-electron chi connectivity index (χ3n) is 1.75. The average molecular weight is 233 g/mol. The molecule has 0 fully saturated rings. The van der Waals surface area contributed by atoms with E-state index in [4.69, 9.17) is 9.05 Å². The Morgan fingerprint density at radius 2 is 1.87 bits per heavy atom. The molecular weight excluding hydrogens is 213 g/mol. The van der Waals surface area contributed by atoms with Crippen molar-refractivity contribution in [2.24, 2.45) is 0 Å². The highest BCUT2D eigenvalue weighted by Gasteiger charge is 2.18. The van der Waals surface area contributed by atoms with Gasteiger partial charge in [-0.15, -0.1) is 0 Å². The zero-order valence-electron chi connectivity index (χ0n) is 10.1. The minimum Gasteiger partial charge on any atom is -0.440 e. The standard InChI is InChI=1S/C10H20NO3P/c1-6-11(7-2)15(13-5)14-10(4)8-9(3)12/h8H,6-7H2,1-5H3/b10-8+. The van der Waals surface area contributed by atoms with E-state index >= 15 is 0 Å². The van der Waals surface area contributed by atoms with Crippen molar-refractivity contribution in [2.75, 3.05) is 20.2 Å². The van der Waals surface area contributed by atoms with Gasteiger partial charge in [-0.05, 0) is 13.8 Å². The molecule has 0 aliphatic rings. The van der Waals surface area contributed by atoms with E-state index < -0.39 is 8.53 Å². The van der Waals surface area contributed by atoms with Gasteiger partial charge in [0.2, 0.25) is 0 Å². The van der Waals surface area contributed by atoms with E-state index in [-0.39, 0.29) is 5.78 Å². The lowest BCUT2D eigenvalue weighted by Crippen LogP contribution is -2.18. The van der Waals surface area contributed by atoms with Gasteiger partial charge in [0, 0.05) is 26.3 Å². The molecule has 0 spiro atoms. The third-order valence-corrected chi connectivity index (χ3v) is 3.53. The smallest absolute Gasteiger partial charge is 0.320 e. The van der Waals surface area contributed by atoms with Gasteiger partial charge in [0.25, 0.3) is 0 Å². The minimum absolute atomic E-state index is 0.0156. The summed E-state index contributed by atoms with van der Waals surface area (Å²) in [6.07, 6.45) is 1.47. The van der Waals surface area contributed by atoms with Gasteiger partial charge >= 0.3 is 8.53 Å². The second kappa shape index (κ2) is 7.80. The van der Waals surface area contributed by atoms with Crippen LogP contribution in [-0.4, -0.2) is 30.7 Å². The fraction of sp³-hybridized carbons (Fsp3) is 0.700. The van der Waals surface area contributed by atoms with E-state index in [9.17, 15) is 4.79 Å². The van der Waals surface area contributed by atoms with Crippen LogP contribution in [0.1, 0.15) is 27.7 Å². The van der Waals surface area contributed by atoms with E-state index in [0.717, 1.165) is 13.1 Å². The molecule has 0 radical (unpaired) electrons. The van der Waals surface area contributed by atoms with Crippen LogP contribution in [0.5, 0.6) is 0 Å². The van der Waals surface area contributed by atoms with E-state index in [0.29, 0.717) is 5.76 Å². The van der Waals surface area contributed by atoms with Gasteiger partial charge in [-0.1, -0.05) is 13.8 Å². The molecule has 0 aromatic heterocycles. The van der Waals surface area contributed by atoms with E-state index in [1.807, 2.05) is 13.8 Å². The van der Waals surface area contributed by atoms with Gasteiger partial charge in [0.1, 0.15) is 5.76 Å². The van der Waals surface area contributed by atoms with Gasteiger partial charge < -0.3 is 9.05 Å². The van der Waals surface area contributed by atoms with Crippen LogP contribution < -0.4 is 0 Å². The molecule has 4 nitrogen and oxygen atoms in total. The minimum atomic E-state index is -1.08. The lowest BCUT2D eigenvalue weighted by atomic mass is 10.4. The van der Waals surface area contributed by atoms with Crippen molar-refractivity contribution in [1.82, 2.24) is 4.67 Å². The number of carbonyl (C=O) groups is 1. The molecule has 0 aliphatic carbocycles. The summed E-state index contributed by atoms with van der Waals surface area (Å²) in [7, 11) is 0.537. The molecule has 0 aliphatic heterocycles. The summed E-state index contributed by atoms with van der Waals surface area (Å²) >= 11 is 0. The first-order valence-corrected chi connectivity index (χ1v) is 6.14. The molecule has 1 atom stereocenters. The van der Waals surface area contributed by atoms with Gasteiger partial charge in [0.05, 0.1) is 0 Å². The quantitative estimate of drug-likeness (QED) is 0.385. The van der Waals surface area contributed by atoms with E-state index in [1.54, 1.807) is 14.0 Å². The number of hydrogen-bond acceptors (Lipinski definition) is 4. The molecule has 5 heteroatoms. The maximum absolute atomic E-state index is 10.8. The van der Waals surface area contributed by atoms with E-state index in [1.165, 1.54) is 13.0 Å². The van der Waals surface area contributed by atoms with Crippen molar-refractivity contribution in [1.29, 1.82) is 0 Å². The third kappa shape index (κ3) is 5.88. The van der Waals surface area contributed by atoms with Crippen molar-refractivity contribution >= 4 is 14.3 Å². The maximum atomic E-state index is 10.8. The molecule has 88 valence electrons. The largest absolute Gasteiger partial charge is 0.440 e. The van der Waals surface area contributed by atoms with Crippen molar-refractivity contribution < 1.29 is 13.8 Å². The Bertz CT molecular complexity index is 227. The molecule has 0 saturated heterocycles. The Kier molecular flexibility index (Phi) is 7.57.